The third kappa shape index (κ3) is 3.43. The van der Waals surface area contributed by atoms with Gasteiger partial charge in [0.15, 0.2) is 11.4 Å². The first-order valence-electron chi connectivity index (χ1n) is 4.68. The molecule has 1 aromatic carbocycles. The van der Waals surface area contributed by atoms with Gasteiger partial charge in [-0.15, -0.1) is 0 Å². The normalized spacial score (nSPS) is 14.1. The Hall–Kier alpha value is -1.10. The summed E-state index contributed by atoms with van der Waals surface area (Å²) in [6, 6.07) is 4.20. The van der Waals surface area contributed by atoms with Crippen LogP contribution in [0.3, 0.4) is 0 Å². The molecule has 1 rings (SSSR count). The number of hydrogen-bond acceptors (Lipinski definition) is 3. The van der Waals surface area contributed by atoms with Crippen LogP contribution in [-0.2, 0) is 4.79 Å². The number of carboxylic acid groups (broad SMARTS) is 1. The van der Waals surface area contributed by atoms with Crippen LogP contribution in [0, 0.1) is 0 Å². The number of carbonyl (C=O) groups excluding carboxylic acids is 1. The fourth-order valence-corrected chi connectivity index (χ4v) is 1.46. The monoisotopic (exact) mass is 276 g/mol. The minimum atomic E-state index is -2.09. The summed E-state index contributed by atoms with van der Waals surface area (Å²) >= 11 is 11.4. The Bertz CT molecular complexity index is 469. The van der Waals surface area contributed by atoms with E-state index in [9.17, 15) is 14.7 Å². The largest absolute Gasteiger partial charge is 0.479 e. The van der Waals surface area contributed by atoms with Crippen LogP contribution < -0.4 is 0 Å². The maximum Gasteiger partial charge on any atom is 0.335 e. The van der Waals surface area contributed by atoms with E-state index in [1.165, 1.54) is 18.2 Å². The molecule has 0 fully saturated rings. The van der Waals surface area contributed by atoms with E-state index in [2.05, 4.69) is 0 Å². The molecule has 0 spiro atoms. The van der Waals surface area contributed by atoms with E-state index in [0.29, 0.717) is 5.02 Å². The van der Waals surface area contributed by atoms with E-state index < -0.39 is 23.8 Å². The number of carbonyl (C=O) groups is 2. The number of aliphatic carboxylic acids is 1. The molecule has 0 aromatic heterocycles. The molecule has 1 unspecified atom stereocenters. The molecule has 0 aliphatic carbocycles. The van der Waals surface area contributed by atoms with E-state index >= 15 is 0 Å². The summed E-state index contributed by atoms with van der Waals surface area (Å²) in [5, 5.41) is 18.7. The highest BCUT2D eigenvalue weighted by Gasteiger charge is 2.33. The van der Waals surface area contributed by atoms with Crippen LogP contribution in [0.5, 0.6) is 0 Å². The van der Waals surface area contributed by atoms with Crippen molar-refractivity contribution < 1.29 is 19.8 Å². The molecule has 0 aliphatic heterocycles. The molecule has 0 saturated heterocycles. The molecule has 2 N–H and O–H groups in total. The lowest BCUT2D eigenvalue weighted by Gasteiger charge is -2.16. The molecule has 0 bridgehead atoms. The first-order chi connectivity index (χ1) is 7.74. The molecule has 1 aromatic rings. The Morgan fingerprint density at radius 3 is 2.35 bits per heavy atom. The third-order valence-electron chi connectivity index (χ3n) is 2.21. The lowest BCUT2D eigenvalue weighted by atomic mass is 9.96. The quantitative estimate of drug-likeness (QED) is 0.829. The molecule has 0 aliphatic rings. The number of aliphatic hydroxyl groups is 1. The summed E-state index contributed by atoms with van der Waals surface area (Å²) in [5.74, 6) is -1.97. The van der Waals surface area contributed by atoms with Gasteiger partial charge in [-0.2, -0.15) is 0 Å². The van der Waals surface area contributed by atoms with E-state index in [0.717, 1.165) is 6.92 Å². The standard InChI is InChI=1S/C11H10Cl2O4/c1-11(17,10(15)16)5-9(14)6-2-3-7(12)8(13)4-6/h2-4,17H,5H2,1H3,(H,15,16). The zero-order valence-corrected chi connectivity index (χ0v) is 10.4. The van der Waals surface area contributed by atoms with Crippen LogP contribution in [0.4, 0.5) is 0 Å². The Morgan fingerprint density at radius 2 is 1.88 bits per heavy atom. The Morgan fingerprint density at radius 1 is 1.29 bits per heavy atom. The van der Waals surface area contributed by atoms with Crippen molar-refractivity contribution >= 4 is 35.0 Å². The summed E-state index contributed by atoms with van der Waals surface area (Å²) < 4.78 is 0. The average Bonchev–Trinajstić information content (AvgIpc) is 2.21. The highest BCUT2D eigenvalue weighted by molar-refractivity contribution is 6.42. The van der Waals surface area contributed by atoms with Crippen molar-refractivity contribution in [1.82, 2.24) is 0 Å². The maximum atomic E-state index is 11.7. The number of rotatable bonds is 4. The van der Waals surface area contributed by atoms with Crippen LogP contribution in [0.15, 0.2) is 18.2 Å². The highest BCUT2D eigenvalue weighted by Crippen LogP contribution is 2.24. The minimum absolute atomic E-state index is 0.201. The second-order valence-electron chi connectivity index (χ2n) is 3.81. The predicted molar refractivity (Wildman–Crippen MR) is 63.7 cm³/mol. The lowest BCUT2D eigenvalue weighted by Crippen LogP contribution is -2.37. The number of Topliss-reactive ketones (excluding diaryl/α,β-unsaturated/α-hetero) is 1. The van der Waals surface area contributed by atoms with Gasteiger partial charge in [0, 0.05) is 5.56 Å². The molecule has 0 radical (unpaired) electrons. The smallest absolute Gasteiger partial charge is 0.335 e. The molecule has 17 heavy (non-hydrogen) atoms. The predicted octanol–water partition coefficient (Wildman–Crippen LogP) is 2.40. The highest BCUT2D eigenvalue weighted by atomic mass is 35.5. The van der Waals surface area contributed by atoms with Crippen molar-refractivity contribution in [1.29, 1.82) is 0 Å². The first-order valence-corrected chi connectivity index (χ1v) is 5.43. The van der Waals surface area contributed by atoms with Crippen LogP contribution in [-0.4, -0.2) is 27.6 Å². The zero-order valence-electron chi connectivity index (χ0n) is 8.91. The molecular weight excluding hydrogens is 267 g/mol. The van der Waals surface area contributed by atoms with Crippen LogP contribution >= 0.6 is 23.2 Å². The number of carboxylic acids is 1. The minimum Gasteiger partial charge on any atom is -0.479 e. The van der Waals surface area contributed by atoms with E-state index in [1.807, 2.05) is 0 Å². The molecule has 92 valence electrons. The molecule has 0 heterocycles. The lowest BCUT2D eigenvalue weighted by molar-refractivity contribution is -0.156. The molecule has 1 atom stereocenters. The Kier molecular flexibility index (Phi) is 4.14. The third-order valence-corrected chi connectivity index (χ3v) is 2.95. The van der Waals surface area contributed by atoms with Gasteiger partial charge in [-0.05, 0) is 25.1 Å². The van der Waals surface area contributed by atoms with Gasteiger partial charge in [0.25, 0.3) is 0 Å². The van der Waals surface area contributed by atoms with Crippen molar-refractivity contribution in [2.45, 2.75) is 18.9 Å². The van der Waals surface area contributed by atoms with Gasteiger partial charge >= 0.3 is 5.97 Å². The topological polar surface area (TPSA) is 74.6 Å². The molecule has 6 heteroatoms. The number of hydrogen-bond donors (Lipinski definition) is 2. The zero-order chi connectivity index (χ0) is 13.2. The Balaban J connectivity index is 2.91. The van der Waals surface area contributed by atoms with E-state index in [-0.39, 0.29) is 10.6 Å². The molecular formula is C11H10Cl2O4. The number of benzene rings is 1. The summed E-state index contributed by atoms with van der Waals surface area (Å²) in [5.41, 5.74) is -1.88. The van der Waals surface area contributed by atoms with Gasteiger partial charge in [-0.3, -0.25) is 4.79 Å². The van der Waals surface area contributed by atoms with Crippen molar-refractivity contribution in [2.75, 3.05) is 0 Å². The fourth-order valence-electron chi connectivity index (χ4n) is 1.16. The summed E-state index contributed by atoms with van der Waals surface area (Å²) in [6.45, 7) is 1.06. The van der Waals surface area contributed by atoms with Gasteiger partial charge in [-0.25, -0.2) is 4.79 Å². The van der Waals surface area contributed by atoms with Crippen molar-refractivity contribution in [3.05, 3.63) is 33.8 Å². The SMILES string of the molecule is CC(O)(CC(=O)c1ccc(Cl)c(Cl)c1)C(=O)O. The Labute approximate surface area is 108 Å². The van der Waals surface area contributed by atoms with Crippen LogP contribution in [0.2, 0.25) is 10.0 Å². The van der Waals surface area contributed by atoms with Crippen molar-refractivity contribution in [3.8, 4) is 0 Å². The fraction of sp³-hybridized carbons (Fsp3) is 0.273. The van der Waals surface area contributed by atoms with E-state index in [1.54, 1.807) is 0 Å². The van der Waals surface area contributed by atoms with Gasteiger partial charge in [0.1, 0.15) is 0 Å². The van der Waals surface area contributed by atoms with Gasteiger partial charge in [0.2, 0.25) is 0 Å². The maximum absolute atomic E-state index is 11.7. The first kappa shape index (κ1) is 14.0. The van der Waals surface area contributed by atoms with Gasteiger partial charge in [-0.1, -0.05) is 23.2 Å². The summed E-state index contributed by atoms with van der Waals surface area (Å²) in [7, 11) is 0. The molecule has 0 amide bonds. The molecule has 4 nitrogen and oxygen atoms in total. The molecule has 0 saturated carbocycles. The summed E-state index contributed by atoms with van der Waals surface area (Å²) in [4.78, 5) is 22.4. The van der Waals surface area contributed by atoms with Gasteiger partial charge in [0.05, 0.1) is 16.5 Å². The van der Waals surface area contributed by atoms with Crippen LogP contribution in [0.1, 0.15) is 23.7 Å². The van der Waals surface area contributed by atoms with Crippen molar-refractivity contribution in [2.24, 2.45) is 0 Å². The van der Waals surface area contributed by atoms with Crippen LogP contribution in [0.25, 0.3) is 0 Å². The second kappa shape index (κ2) is 5.04. The van der Waals surface area contributed by atoms with E-state index in [4.69, 9.17) is 28.3 Å². The number of ketones is 1. The van der Waals surface area contributed by atoms with Crippen molar-refractivity contribution in [3.63, 3.8) is 0 Å². The summed E-state index contributed by atoms with van der Waals surface area (Å²) in [6.07, 6.45) is -0.527. The number of halogens is 2. The second-order valence-corrected chi connectivity index (χ2v) is 4.62. The van der Waals surface area contributed by atoms with Gasteiger partial charge < -0.3 is 10.2 Å². The average molecular weight is 277 g/mol.